The van der Waals surface area contributed by atoms with Crippen LogP contribution in [-0.4, -0.2) is 28.0 Å². The minimum atomic E-state index is -0.950. The Hall–Kier alpha value is -2.11. The molecule has 1 atom stereocenters. The van der Waals surface area contributed by atoms with E-state index in [1.54, 1.807) is 6.07 Å². The molecular formula is C12H14N2O4. The van der Waals surface area contributed by atoms with Gasteiger partial charge < -0.3 is 15.4 Å². The number of aromatic nitrogens is 1. The van der Waals surface area contributed by atoms with E-state index >= 15 is 0 Å². The lowest BCUT2D eigenvalue weighted by Gasteiger charge is -2.15. The Morgan fingerprint density at radius 2 is 2.22 bits per heavy atom. The van der Waals surface area contributed by atoms with Gasteiger partial charge in [0.05, 0.1) is 6.42 Å². The highest BCUT2D eigenvalue weighted by Gasteiger charge is 2.34. The van der Waals surface area contributed by atoms with E-state index in [0.29, 0.717) is 0 Å². The number of rotatable bonds is 5. The molecule has 2 rings (SSSR count). The van der Waals surface area contributed by atoms with Crippen LogP contribution in [0.5, 0.6) is 0 Å². The van der Waals surface area contributed by atoms with Crippen molar-refractivity contribution in [2.75, 3.05) is 0 Å². The summed E-state index contributed by atoms with van der Waals surface area (Å²) in [5.74, 6) is -1.25. The Morgan fingerprint density at radius 1 is 1.50 bits per heavy atom. The van der Waals surface area contributed by atoms with E-state index < -0.39 is 23.5 Å². The molecule has 0 saturated heterocycles. The van der Waals surface area contributed by atoms with Crippen molar-refractivity contribution in [2.45, 2.75) is 25.3 Å². The average Bonchev–Trinajstić information content (AvgIpc) is 3.11. The summed E-state index contributed by atoms with van der Waals surface area (Å²) >= 11 is 0. The van der Waals surface area contributed by atoms with E-state index in [4.69, 9.17) is 5.11 Å². The standard InChI is InChI=1S/C12H14N2O4/c15-10(16)6-9(7-3-4-7)14-12(18)8-2-1-5-13-11(8)17/h1-2,5,7,9H,3-4,6H2,(H,13,17)(H,14,18)(H,15,16). The molecule has 96 valence electrons. The Kier molecular flexibility index (Phi) is 3.45. The topological polar surface area (TPSA) is 99.3 Å². The van der Waals surface area contributed by atoms with Crippen LogP contribution in [0.3, 0.4) is 0 Å². The van der Waals surface area contributed by atoms with Gasteiger partial charge in [-0.1, -0.05) is 0 Å². The number of carbonyl (C=O) groups is 2. The number of carboxylic acid groups (broad SMARTS) is 1. The van der Waals surface area contributed by atoms with Gasteiger partial charge in [-0.05, 0) is 30.9 Å². The van der Waals surface area contributed by atoms with Crippen LogP contribution in [0.1, 0.15) is 29.6 Å². The molecule has 1 unspecified atom stereocenters. The number of carboxylic acids is 1. The van der Waals surface area contributed by atoms with E-state index in [0.717, 1.165) is 12.8 Å². The number of H-pyrrole nitrogens is 1. The van der Waals surface area contributed by atoms with Crippen molar-refractivity contribution in [1.29, 1.82) is 0 Å². The highest BCUT2D eigenvalue weighted by molar-refractivity contribution is 5.94. The summed E-state index contributed by atoms with van der Waals surface area (Å²) in [6, 6.07) is 2.58. The van der Waals surface area contributed by atoms with Crippen LogP contribution in [0.4, 0.5) is 0 Å². The summed E-state index contributed by atoms with van der Waals surface area (Å²) in [5.41, 5.74) is -0.464. The van der Waals surface area contributed by atoms with Crippen LogP contribution < -0.4 is 10.9 Å². The molecule has 1 aliphatic rings. The van der Waals surface area contributed by atoms with Crippen molar-refractivity contribution >= 4 is 11.9 Å². The van der Waals surface area contributed by atoms with E-state index in [2.05, 4.69) is 10.3 Å². The second-order valence-electron chi connectivity index (χ2n) is 4.43. The molecule has 1 heterocycles. The fraction of sp³-hybridized carbons (Fsp3) is 0.417. The number of pyridine rings is 1. The lowest BCUT2D eigenvalue weighted by molar-refractivity contribution is -0.137. The zero-order chi connectivity index (χ0) is 13.1. The van der Waals surface area contributed by atoms with Gasteiger partial charge in [0, 0.05) is 12.2 Å². The Balaban J connectivity index is 2.07. The molecule has 6 heteroatoms. The Bertz CT molecular complexity index is 519. The summed E-state index contributed by atoms with van der Waals surface area (Å²) in [6.45, 7) is 0. The van der Waals surface area contributed by atoms with Crippen LogP contribution in [0, 0.1) is 5.92 Å². The second kappa shape index (κ2) is 5.03. The molecule has 6 nitrogen and oxygen atoms in total. The van der Waals surface area contributed by atoms with Gasteiger partial charge in [0.1, 0.15) is 5.56 Å². The molecular weight excluding hydrogens is 236 g/mol. The average molecular weight is 250 g/mol. The number of hydrogen-bond acceptors (Lipinski definition) is 3. The lowest BCUT2D eigenvalue weighted by Crippen LogP contribution is -2.40. The van der Waals surface area contributed by atoms with Crippen molar-refractivity contribution in [3.8, 4) is 0 Å². The van der Waals surface area contributed by atoms with Gasteiger partial charge in [-0.15, -0.1) is 0 Å². The van der Waals surface area contributed by atoms with Gasteiger partial charge in [0.15, 0.2) is 0 Å². The molecule has 0 spiro atoms. The minimum absolute atomic E-state index is 0.00791. The van der Waals surface area contributed by atoms with Crippen molar-refractivity contribution in [3.05, 3.63) is 34.2 Å². The molecule has 0 aliphatic heterocycles. The van der Waals surface area contributed by atoms with Gasteiger partial charge in [-0.3, -0.25) is 14.4 Å². The number of aromatic amines is 1. The third kappa shape index (κ3) is 2.97. The second-order valence-corrected chi connectivity index (χ2v) is 4.43. The first-order valence-corrected chi connectivity index (χ1v) is 5.78. The Morgan fingerprint density at radius 3 is 2.78 bits per heavy atom. The molecule has 3 N–H and O–H groups in total. The molecule has 1 amide bonds. The highest BCUT2D eigenvalue weighted by atomic mass is 16.4. The van der Waals surface area contributed by atoms with Gasteiger partial charge >= 0.3 is 5.97 Å². The predicted octanol–water partition coefficient (Wildman–Crippen LogP) is 0.358. The third-order valence-electron chi connectivity index (χ3n) is 2.96. The van der Waals surface area contributed by atoms with Crippen LogP contribution in [0.25, 0.3) is 0 Å². The monoisotopic (exact) mass is 250 g/mol. The number of aliphatic carboxylic acids is 1. The molecule has 1 fully saturated rings. The lowest BCUT2D eigenvalue weighted by atomic mass is 10.1. The molecule has 1 saturated carbocycles. The minimum Gasteiger partial charge on any atom is -0.481 e. The maximum absolute atomic E-state index is 11.9. The Labute approximate surface area is 103 Å². The number of carbonyl (C=O) groups excluding carboxylic acids is 1. The fourth-order valence-corrected chi connectivity index (χ4v) is 1.87. The van der Waals surface area contributed by atoms with Crippen molar-refractivity contribution in [2.24, 2.45) is 5.92 Å². The molecule has 1 aliphatic carbocycles. The maximum atomic E-state index is 11.9. The van der Waals surface area contributed by atoms with Crippen molar-refractivity contribution in [3.63, 3.8) is 0 Å². The van der Waals surface area contributed by atoms with E-state index in [1.165, 1.54) is 12.3 Å². The first-order valence-electron chi connectivity index (χ1n) is 5.78. The SMILES string of the molecule is O=C(O)CC(NC(=O)c1ccc[nH]c1=O)C1CC1. The number of nitrogens with one attached hydrogen (secondary N) is 2. The summed E-state index contributed by atoms with van der Waals surface area (Å²) in [7, 11) is 0. The first kappa shape index (κ1) is 12.3. The molecule has 1 aromatic heterocycles. The molecule has 0 aromatic carbocycles. The van der Waals surface area contributed by atoms with Crippen LogP contribution in [0.2, 0.25) is 0 Å². The predicted molar refractivity (Wildman–Crippen MR) is 63.3 cm³/mol. The summed E-state index contributed by atoms with van der Waals surface area (Å²) in [4.78, 5) is 36.4. The number of hydrogen-bond donors (Lipinski definition) is 3. The zero-order valence-corrected chi connectivity index (χ0v) is 9.68. The molecule has 18 heavy (non-hydrogen) atoms. The van der Waals surface area contributed by atoms with Gasteiger partial charge in [-0.25, -0.2) is 0 Å². The van der Waals surface area contributed by atoms with E-state index in [1.807, 2.05) is 0 Å². The van der Waals surface area contributed by atoms with E-state index in [9.17, 15) is 14.4 Å². The molecule has 1 aromatic rings. The first-order chi connectivity index (χ1) is 8.58. The summed E-state index contributed by atoms with van der Waals surface area (Å²) in [6.07, 6.45) is 3.17. The zero-order valence-electron chi connectivity index (χ0n) is 9.68. The van der Waals surface area contributed by atoms with Crippen LogP contribution in [0.15, 0.2) is 23.1 Å². The van der Waals surface area contributed by atoms with Crippen LogP contribution >= 0.6 is 0 Å². The fourth-order valence-electron chi connectivity index (χ4n) is 1.87. The number of amides is 1. The van der Waals surface area contributed by atoms with Crippen LogP contribution in [-0.2, 0) is 4.79 Å². The maximum Gasteiger partial charge on any atom is 0.305 e. The molecule has 0 radical (unpaired) electrons. The molecule has 0 bridgehead atoms. The van der Waals surface area contributed by atoms with E-state index in [-0.39, 0.29) is 17.9 Å². The van der Waals surface area contributed by atoms with Gasteiger partial charge in [-0.2, -0.15) is 0 Å². The quantitative estimate of drug-likeness (QED) is 0.702. The van der Waals surface area contributed by atoms with Gasteiger partial charge in [0.25, 0.3) is 11.5 Å². The largest absolute Gasteiger partial charge is 0.481 e. The normalized spacial score (nSPS) is 16.0. The summed E-state index contributed by atoms with van der Waals surface area (Å²) in [5, 5.41) is 11.4. The highest BCUT2D eigenvalue weighted by Crippen LogP contribution is 2.34. The van der Waals surface area contributed by atoms with Crippen molar-refractivity contribution < 1.29 is 14.7 Å². The third-order valence-corrected chi connectivity index (χ3v) is 2.96. The van der Waals surface area contributed by atoms with Crippen molar-refractivity contribution in [1.82, 2.24) is 10.3 Å². The van der Waals surface area contributed by atoms with Gasteiger partial charge in [0.2, 0.25) is 0 Å². The smallest absolute Gasteiger partial charge is 0.305 e. The summed E-state index contributed by atoms with van der Waals surface area (Å²) < 4.78 is 0.